The summed E-state index contributed by atoms with van der Waals surface area (Å²) in [5, 5.41) is 8.68. The zero-order valence-electron chi connectivity index (χ0n) is 9.98. The van der Waals surface area contributed by atoms with E-state index in [1.807, 2.05) is 24.3 Å². The molecule has 0 amide bonds. The molecule has 0 aliphatic heterocycles. The van der Waals surface area contributed by atoms with E-state index in [-0.39, 0.29) is 0 Å². The summed E-state index contributed by atoms with van der Waals surface area (Å²) in [6.45, 7) is 6.19. The lowest BCUT2D eigenvalue weighted by atomic mass is 10.1. The largest absolute Gasteiger partial charge is 0.372 e. The Morgan fingerprint density at radius 1 is 1.25 bits per heavy atom. The van der Waals surface area contributed by atoms with Crippen LogP contribution in [0.4, 0.5) is 0 Å². The molecule has 0 heterocycles. The van der Waals surface area contributed by atoms with Crippen LogP contribution in [-0.4, -0.2) is 18.0 Å². The highest BCUT2D eigenvalue weighted by atomic mass is 15.1. The van der Waals surface area contributed by atoms with Crippen molar-refractivity contribution in [3.05, 3.63) is 42.0 Å². The van der Waals surface area contributed by atoms with Gasteiger partial charge < -0.3 is 4.90 Å². The third kappa shape index (κ3) is 3.13. The van der Waals surface area contributed by atoms with Crippen LogP contribution in [0.25, 0.3) is 5.70 Å². The van der Waals surface area contributed by atoms with Gasteiger partial charge >= 0.3 is 0 Å². The lowest BCUT2D eigenvalue weighted by Crippen LogP contribution is -2.21. The fourth-order valence-corrected chi connectivity index (χ4v) is 1.75. The highest BCUT2D eigenvalue weighted by Crippen LogP contribution is 2.19. The van der Waals surface area contributed by atoms with Crippen LogP contribution < -0.4 is 0 Å². The standard InChI is InChI=1S/C14H18N2/c1-3-16(4-2)14(11-8-12-15)13-9-6-5-7-10-13/h5-7,9-11H,3-4,8H2,1-2H3. The second-order valence-corrected chi connectivity index (χ2v) is 3.49. The lowest BCUT2D eigenvalue weighted by molar-refractivity contribution is 0.441. The molecule has 1 rings (SSSR count). The molecule has 0 bridgehead atoms. The smallest absolute Gasteiger partial charge is 0.0664 e. The lowest BCUT2D eigenvalue weighted by Gasteiger charge is -2.24. The number of allylic oxidation sites excluding steroid dienone is 1. The molecule has 0 aliphatic carbocycles. The Kier molecular flexibility index (Phi) is 5.15. The molecular formula is C14H18N2. The van der Waals surface area contributed by atoms with Crippen molar-refractivity contribution in [1.82, 2.24) is 4.90 Å². The van der Waals surface area contributed by atoms with Crippen LogP contribution in [0.1, 0.15) is 25.8 Å². The molecule has 1 aromatic carbocycles. The van der Waals surface area contributed by atoms with Gasteiger partial charge in [0.1, 0.15) is 0 Å². The number of hydrogen-bond acceptors (Lipinski definition) is 2. The third-order valence-corrected chi connectivity index (χ3v) is 2.56. The van der Waals surface area contributed by atoms with Crippen molar-refractivity contribution in [3.63, 3.8) is 0 Å². The minimum absolute atomic E-state index is 0.459. The number of hydrogen-bond donors (Lipinski definition) is 0. The maximum absolute atomic E-state index is 8.68. The summed E-state index contributed by atoms with van der Waals surface area (Å²) in [6, 6.07) is 12.4. The molecule has 2 nitrogen and oxygen atoms in total. The first-order valence-electron chi connectivity index (χ1n) is 5.71. The van der Waals surface area contributed by atoms with Crippen molar-refractivity contribution in [1.29, 1.82) is 5.26 Å². The maximum Gasteiger partial charge on any atom is 0.0664 e. The predicted octanol–water partition coefficient (Wildman–Crippen LogP) is 3.28. The molecule has 16 heavy (non-hydrogen) atoms. The zero-order chi connectivity index (χ0) is 11.8. The van der Waals surface area contributed by atoms with Gasteiger partial charge in [-0.15, -0.1) is 0 Å². The summed E-state index contributed by atoms with van der Waals surface area (Å²) in [5.41, 5.74) is 2.34. The molecular weight excluding hydrogens is 196 g/mol. The topological polar surface area (TPSA) is 27.0 Å². The van der Waals surface area contributed by atoms with Crippen LogP contribution in [0.2, 0.25) is 0 Å². The van der Waals surface area contributed by atoms with Gasteiger partial charge in [-0.2, -0.15) is 5.26 Å². The van der Waals surface area contributed by atoms with Crippen LogP contribution in [0, 0.1) is 11.3 Å². The SMILES string of the molecule is CCN(CC)C(=CCC#N)c1ccccc1. The Morgan fingerprint density at radius 2 is 1.88 bits per heavy atom. The van der Waals surface area contributed by atoms with E-state index in [4.69, 9.17) is 5.26 Å². The van der Waals surface area contributed by atoms with Gasteiger partial charge in [-0.05, 0) is 25.5 Å². The zero-order valence-corrected chi connectivity index (χ0v) is 9.98. The Hall–Kier alpha value is -1.75. The van der Waals surface area contributed by atoms with Crippen molar-refractivity contribution >= 4 is 5.70 Å². The molecule has 0 saturated carbocycles. The van der Waals surface area contributed by atoms with Crippen molar-refractivity contribution < 1.29 is 0 Å². The van der Waals surface area contributed by atoms with Crippen LogP contribution in [0.15, 0.2) is 36.4 Å². The van der Waals surface area contributed by atoms with Gasteiger partial charge in [-0.1, -0.05) is 30.3 Å². The van der Waals surface area contributed by atoms with Gasteiger partial charge in [-0.25, -0.2) is 0 Å². The third-order valence-electron chi connectivity index (χ3n) is 2.56. The summed E-state index contributed by atoms with van der Waals surface area (Å²) in [5.74, 6) is 0. The molecule has 0 atom stereocenters. The monoisotopic (exact) mass is 214 g/mol. The number of nitriles is 1. The van der Waals surface area contributed by atoms with E-state index in [0.29, 0.717) is 6.42 Å². The van der Waals surface area contributed by atoms with Gasteiger partial charge in [0.05, 0.1) is 12.5 Å². The quantitative estimate of drug-likeness (QED) is 0.752. The Balaban J connectivity index is 3.01. The van der Waals surface area contributed by atoms with E-state index < -0.39 is 0 Å². The molecule has 1 aromatic rings. The van der Waals surface area contributed by atoms with Crippen LogP contribution in [0.5, 0.6) is 0 Å². The fraction of sp³-hybridized carbons (Fsp3) is 0.357. The molecule has 0 unspecified atom stereocenters. The summed E-state index contributed by atoms with van der Waals surface area (Å²) >= 11 is 0. The average molecular weight is 214 g/mol. The van der Waals surface area contributed by atoms with Crippen LogP contribution >= 0.6 is 0 Å². The normalized spacial score (nSPS) is 10.9. The van der Waals surface area contributed by atoms with Crippen molar-refractivity contribution in [2.45, 2.75) is 20.3 Å². The van der Waals surface area contributed by atoms with E-state index in [1.54, 1.807) is 0 Å². The van der Waals surface area contributed by atoms with Crippen molar-refractivity contribution in [2.75, 3.05) is 13.1 Å². The number of rotatable bonds is 5. The highest BCUT2D eigenvalue weighted by Gasteiger charge is 2.07. The minimum Gasteiger partial charge on any atom is -0.372 e. The molecule has 0 aliphatic rings. The second kappa shape index (κ2) is 6.68. The van der Waals surface area contributed by atoms with E-state index in [1.165, 1.54) is 5.56 Å². The molecule has 0 N–H and O–H groups in total. The van der Waals surface area contributed by atoms with E-state index in [2.05, 4.69) is 36.9 Å². The van der Waals surface area contributed by atoms with Crippen molar-refractivity contribution in [2.24, 2.45) is 0 Å². The molecule has 84 valence electrons. The predicted molar refractivity (Wildman–Crippen MR) is 67.6 cm³/mol. The summed E-state index contributed by atoms with van der Waals surface area (Å²) in [4.78, 5) is 2.27. The van der Waals surface area contributed by atoms with E-state index >= 15 is 0 Å². The first kappa shape index (κ1) is 12.3. The van der Waals surface area contributed by atoms with Crippen LogP contribution in [-0.2, 0) is 0 Å². The van der Waals surface area contributed by atoms with Crippen LogP contribution in [0.3, 0.4) is 0 Å². The average Bonchev–Trinajstić information content (AvgIpc) is 2.35. The van der Waals surface area contributed by atoms with E-state index in [0.717, 1.165) is 18.8 Å². The molecule has 0 aromatic heterocycles. The van der Waals surface area contributed by atoms with Crippen molar-refractivity contribution in [3.8, 4) is 6.07 Å². The molecule has 0 fully saturated rings. The highest BCUT2D eigenvalue weighted by molar-refractivity contribution is 5.64. The summed E-state index contributed by atoms with van der Waals surface area (Å²) in [7, 11) is 0. The Labute approximate surface area is 97.8 Å². The molecule has 0 radical (unpaired) electrons. The van der Waals surface area contributed by atoms with Gasteiger partial charge in [0.15, 0.2) is 0 Å². The van der Waals surface area contributed by atoms with Gasteiger partial charge in [0, 0.05) is 18.8 Å². The molecule has 2 heteroatoms. The second-order valence-electron chi connectivity index (χ2n) is 3.49. The first-order chi connectivity index (χ1) is 7.83. The van der Waals surface area contributed by atoms with Gasteiger partial charge in [-0.3, -0.25) is 0 Å². The number of nitrogens with zero attached hydrogens (tertiary/aromatic N) is 2. The van der Waals surface area contributed by atoms with Gasteiger partial charge in [0.2, 0.25) is 0 Å². The minimum atomic E-state index is 0.459. The summed E-state index contributed by atoms with van der Waals surface area (Å²) in [6.07, 6.45) is 2.46. The first-order valence-corrected chi connectivity index (χ1v) is 5.71. The molecule has 0 spiro atoms. The number of benzene rings is 1. The fourth-order valence-electron chi connectivity index (χ4n) is 1.75. The summed E-state index contributed by atoms with van der Waals surface area (Å²) < 4.78 is 0. The van der Waals surface area contributed by atoms with Gasteiger partial charge in [0.25, 0.3) is 0 Å². The maximum atomic E-state index is 8.68. The Bertz CT molecular complexity index is 369. The molecule has 0 saturated heterocycles. The Morgan fingerprint density at radius 3 is 2.38 bits per heavy atom. The van der Waals surface area contributed by atoms with E-state index in [9.17, 15) is 0 Å².